The molecule has 1 aromatic carbocycles. The number of aryl methyl sites for hydroxylation is 1. The van der Waals surface area contributed by atoms with Gasteiger partial charge in [-0.3, -0.25) is 4.68 Å². The van der Waals surface area contributed by atoms with Gasteiger partial charge in [-0.15, -0.1) is 0 Å². The van der Waals surface area contributed by atoms with E-state index in [9.17, 15) is 0 Å². The van der Waals surface area contributed by atoms with Crippen LogP contribution in [0.3, 0.4) is 0 Å². The van der Waals surface area contributed by atoms with Crippen molar-refractivity contribution < 1.29 is 0 Å². The maximum absolute atomic E-state index is 6.06. The Bertz CT molecular complexity index is 844. The molecule has 0 aliphatic rings. The highest BCUT2D eigenvalue weighted by atomic mass is 35.5. The molecule has 0 bridgehead atoms. The molecule has 0 saturated carbocycles. The SMILES string of the molecule is CN(C)CCNc1nc(Nc2cccc(Cl)c2)c2cnn(C)c2n1. The summed E-state index contributed by atoms with van der Waals surface area (Å²) in [5.41, 5.74) is 1.63. The van der Waals surface area contributed by atoms with Crippen LogP contribution in [0.5, 0.6) is 0 Å². The fourth-order valence-electron chi connectivity index (χ4n) is 2.29. The van der Waals surface area contributed by atoms with E-state index in [1.807, 2.05) is 45.4 Å². The van der Waals surface area contributed by atoms with Crippen molar-refractivity contribution in [1.29, 1.82) is 0 Å². The third-order valence-electron chi connectivity index (χ3n) is 3.52. The molecule has 0 spiro atoms. The summed E-state index contributed by atoms with van der Waals surface area (Å²) in [5, 5.41) is 12.4. The zero-order chi connectivity index (χ0) is 17.1. The lowest BCUT2D eigenvalue weighted by atomic mass is 10.3. The Morgan fingerprint density at radius 3 is 2.83 bits per heavy atom. The number of halogens is 1. The van der Waals surface area contributed by atoms with Gasteiger partial charge in [-0.05, 0) is 32.3 Å². The topological polar surface area (TPSA) is 70.9 Å². The molecule has 3 rings (SSSR count). The molecule has 7 nitrogen and oxygen atoms in total. The van der Waals surface area contributed by atoms with Gasteiger partial charge in [0.2, 0.25) is 5.95 Å². The second-order valence-corrected chi connectivity index (χ2v) is 6.20. The standard InChI is InChI=1S/C16H20ClN7/c1-23(2)8-7-18-16-21-14(13-10-19-24(3)15(13)22-16)20-12-6-4-5-11(17)9-12/h4-6,9-10H,7-8H2,1-3H3,(H2,18,20,21,22). The van der Waals surface area contributed by atoms with Gasteiger partial charge < -0.3 is 15.5 Å². The highest BCUT2D eigenvalue weighted by Crippen LogP contribution is 2.26. The molecule has 0 unspecified atom stereocenters. The number of fused-ring (bicyclic) bond motifs is 1. The average Bonchev–Trinajstić information content (AvgIpc) is 2.89. The van der Waals surface area contributed by atoms with E-state index >= 15 is 0 Å². The number of anilines is 3. The van der Waals surface area contributed by atoms with Crippen LogP contribution in [0.25, 0.3) is 11.0 Å². The fraction of sp³-hybridized carbons (Fsp3) is 0.312. The minimum Gasteiger partial charge on any atom is -0.353 e. The van der Waals surface area contributed by atoms with Crippen LogP contribution in [0.4, 0.5) is 17.5 Å². The summed E-state index contributed by atoms with van der Waals surface area (Å²) in [6.45, 7) is 1.65. The average molecular weight is 346 g/mol. The van der Waals surface area contributed by atoms with Crippen molar-refractivity contribution in [3.63, 3.8) is 0 Å². The van der Waals surface area contributed by atoms with Gasteiger partial charge in [0.05, 0.1) is 11.6 Å². The lowest BCUT2D eigenvalue weighted by Gasteiger charge is -2.12. The number of nitrogens with zero attached hydrogens (tertiary/aromatic N) is 5. The van der Waals surface area contributed by atoms with Gasteiger partial charge in [0, 0.05) is 30.8 Å². The molecule has 126 valence electrons. The molecule has 0 radical (unpaired) electrons. The van der Waals surface area contributed by atoms with E-state index in [2.05, 4.69) is 30.6 Å². The van der Waals surface area contributed by atoms with Gasteiger partial charge in [0.1, 0.15) is 5.82 Å². The second-order valence-electron chi connectivity index (χ2n) is 5.77. The predicted molar refractivity (Wildman–Crippen MR) is 98.1 cm³/mol. The van der Waals surface area contributed by atoms with Crippen molar-refractivity contribution >= 4 is 40.1 Å². The number of aromatic nitrogens is 4. The minimum atomic E-state index is 0.567. The van der Waals surface area contributed by atoms with Crippen LogP contribution in [0.15, 0.2) is 30.5 Å². The van der Waals surface area contributed by atoms with E-state index in [1.54, 1.807) is 10.9 Å². The maximum Gasteiger partial charge on any atom is 0.226 e. The normalized spacial score (nSPS) is 11.2. The molecule has 0 fully saturated rings. The van der Waals surface area contributed by atoms with Crippen LogP contribution in [0, 0.1) is 0 Å². The van der Waals surface area contributed by atoms with Gasteiger partial charge in [-0.25, -0.2) is 0 Å². The molecule has 0 atom stereocenters. The van der Waals surface area contributed by atoms with E-state index in [1.165, 1.54) is 0 Å². The first kappa shape index (κ1) is 16.5. The zero-order valence-electron chi connectivity index (χ0n) is 13.9. The largest absolute Gasteiger partial charge is 0.353 e. The Balaban J connectivity index is 1.92. The van der Waals surface area contributed by atoms with E-state index < -0.39 is 0 Å². The van der Waals surface area contributed by atoms with Crippen LogP contribution in [-0.2, 0) is 7.05 Å². The van der Waals surface area contributed by atoms with Crippen molar-refractivity contribution in [3.8, 4) is 0 Å². The summed E-state index contributed by atoms with van der Waals surface area (Å²) in [5.74, 6) is 1.26. The van der Waals surface area contributed by atoms with Crippen LogP contribution >= 0.6 is 11.6 Å². The Hall–Kier alpha value is -2.38. The molecular weight excluding hydrogens is 326 g/mol. The van der Waals surface area contributed by atoms with Crippen LogP contribution in [-0.4, -0.2) is 51.8 Å². The van der Waals surface area contributed by atoms with E-state index in [4.69, 9.17) is 11.6 Å². The van der Waals surface area contributed by atoms with Crippen molar-refractivity contribution in [3.05, 3.63) is 35.5 Å². The van der Waals surface area contributed by atoms with Crippen molar-refractivity contribution in [2.45, 2.75) is 0 Å². The summed E-state index contributed by atoms with van der Waals surface area (Å²) < 4.78 is 1.73. The summed E-state index contributed by atoms with van der Waals surface area (Å²) in [6.07, 6.45) is 1.76. The Labute approximate surface area is 145 Å². The quantitative estimate of drug-likeness (QED) is 0.715. The van der Waals surface area contributed by atoms with E-state index in [0.717, 1.165) is 29.8 Å². The molecule has 0 aliphatic carbocycles. The molecule has 0 saturated heterocycles. The van der Waals surface area contributed by atoms with Gasteiger partial charge in [0.15, 0.2) is 5.65 Å². The lowest BCUT2D eigenvalue weighted by Crippen LogP contribution is -2.21. The second kappa shape index (κ2) is 7.02. The molecule has 0 amide bonds. The molecule has 0 aliphatic heterocycles. The van der Waals surface area contributed by atoms with Gasteiger partial charge >= 0.3 is 0 Å². The van der Waals surface area contributed by atoms with Gasteiger partial charge in [-0.2, -0.15) is 15.1 Å². The number of benzene rings is 1. The number of likely N-dealkylation sites (N-methyl/N-ethyl adjacent to an activating group) is 1. The molecule has 2 N–H and O–H groups in total. The minimum absolute atomic E-state index is 0.567. The predicted octanol–water partition coefficient (Wildman–Crippen LogP) is 2.73. The third kappa shape index (κ3) is 3.74. The molecular formula is C16H20ClN7. The van der Waals surface area contributed by atoms with E-state index in [0.29, 0.717) is 16.8 Å². The van der Waals surface area contributed by atoms with Crippen molar-refractivity contribution in [2.24, 2.45) is 7.05 Å². The first-order chi connectivity index (χ1) is 11.5. The van der Waals surface area contributed by atoms with Crippen molar-refractivity contribution in [2.75, 3.05) is 37.8 Å². The summed E-state index contributed by atoms with van der Waals surface area (Å²) in [7, 11) is 5.92. The van der Waals surface area contributed by atoms with Crippen LogP contribution in [0.2, 0.25) is 5.02 Å². The summed E-state index contributed by atoms with van der Waals surface area (Å²) in [4.78, 5) is 11.2. The van der Waals surface area contributed by atoms with Gasteiger partial charge in [-0.1, -0.05) is 17.7 Å². The highest BCUT2D eigenvalue weighted by molar-refractivity contribution is 6.30. The van der Waals surface area contributed by atoms with E-state index in [-0.39, 0.29) is 0 Å². The molecule has 24 heavy (non-hydrogen) atoms. The maximum atomic E-state index is 6.06. The van der Waals surface area contributed by atoms with Crippen LogP contribution in [0.1, 0.15) is 0 Å². The molecule has 8 heteroatoms. The zero-order valence-corrected chi connectivity index (χ0v) is 14.7. The number of nitrogens with one attached hydrogen (secondary N) is 2. The smallest absolute Gasteiger partial charge is 0.226 e. The molecule has 3 aromatic rings. The molecule has 2 aromatic heterocycles. The highest BCUT2D eigenvalue weighted by Gasteiger charge is 2.12. The monoisotopic (exact) mass is 345 g/mol. The third-order valence-corrected chi connectivity index (χ3v) is 3.76. The number of rotatable bonds is 6. The Morgan fingerprint density at radius 1 is 1.25 bits per heavy atom. The molecule has 2 heterocycles. The summed E-state index contributed by atoms with van der Waals surface area (Å²) >= 11 is 6.06. The van der Waals surface area contributed by atoms with Crippen molar-refractivity contribution in [1.82, 2.24) is 24.6 Å². The lowest BCUT2D eigenvalue weighted by molar-refractivity contribution is 0.425. The first-order valence-corrected chi connectivity index (χ1v) is 8.01. The number of hydrogen-bond acceptors (Lipinski definition) is 6. The number of hydrogen-bond donors (Lipinski definition) is 2. The first-order valence-electron chi connectivity index (χ1n) is 7.64. The Kier molecular flexibility index (Phi) is 4.82. The Morgan fingerprint density at radius 2 is 2.08 bits per heavy atom. The van der Waals surface area contributed by atoms with Crippen LogP contribution < -0.4 is 10.6 Å². The fourth-order valence-corrected chi connectivity index (χ4v) is 2.48. The summed E-state index contributed by atoms with van der Waals surface area (Å²) in [6, 6.07) is 7.52. The van der Waals surface area contributed by atoms with Gasteiger partial charge in [0.25, 0.3) is 0 Å².